The second-order valence-corrected chi connectivity index (χ2v) is 9.80. The van der Waals surface area contributed by atoms with Crippen LogP contribution in [0.25, 0.3) is 0 Å². The number of hydrogen-bond donors (Lipinski definition) is 0. The number of rotatable bonds is 7. The minimum absolute atomic E-state index is 0.249. The first-order valence-corrected chi connectivity index (χ1v) is 12.6. The van der Waals surface area contributed by atoms with Gasteiger partial charge in [0.05, 0.1) is 17.3 Å². The molecule has 35 heavy (non-hydrogen) atoms. The van der Waals surface area contributed by atoms with Crippen molar-refractivity contribution >= 4 is 29.0 Å². The summed E-state index contributed by atoms with van der Waals surface area (Å²) in [7, 11) is 0. The number of amides is 1. The third kappa shape index (κ3) is 4.90. The number of nitrogens with zero attached hydrogens (tertiary/aromatic N) is 3. The van der Waals surface area contributed by atoms with Crippen LogP contribution in [-0.2, 0) is 4.79 Å². The molecule has 0 aliphatic carbocycles. The molecule has 0 radical (unpaired) electrons. The van der Waals surface area contributed by atoms with E-state index in [1.807, 2.05) is 13.0 Å². The SMILES string of the molecule is Cc1cc(Cl)cc2c1N(CCCN1CCN(C(c3ccccc3)c3ccccc3)CC1)C(=O)C2=O. The van der Waals surface area contributed by atoms with Crippen molar-refractivity contribution in [3.8, 4) is 0 Å². The number of ketones is 1. The molecular formula is C29H30ClN3O2. The van der Waals surface area contributed by atoms with E-state index in [0.717, 1.165) is 50.4 Å². The Morgan fingerprint density at radius 1 is 0.829 bits per heavy atom. The van der Waals surface area contributed by atoms with Crippen LogP contribution in [0.5, 0.6) is 0 Å². The Labute approximate surface area is 211 Å². The molecule has 0 bridgehead atoms. The predicted molar refractivity (Wildman–Crippen MR) is 140 cm³/mol. The summed E-state index contributed by atoms with van der Waals surface area (Å²) in [5.41, 5.74) is 4.66. The number of halogens is 1. The standard InChI is InChI=1S/C29H30ClN3O2/c1-21-19-24(30)20-25-26(21)33(29(35)28(25)34)14-8-13-31-15-17-32(18-16-31)27(22-9-4-2-5-10-22)23-11-6-3-7-12-23/h2-7,9-12,19-20,27H,8,13-18H2,1H3. The van der Waals surface area contributed by atoms with Gasteiger partial charge in [0, 0.05) is 37.7 Å². The lowest BCUT2D eigenvalue weighted by Crippen LogP contribution is -2.48. The number of piperazine rings is 1. The largest absolute Gasteiger partial charge is 0.304 e. The Hall–Kier alpha value is -2.99. The minimum atomic E-state index is -0.452. The van der Waals surface area contributed by atoms with Crippen molar-refractivity contribution in [3.05, 3.63) is 100 Å². The van der Waals surface area contributed by atoms with Gasteiger partial charge in [-0.2, -0.15) is 0 Å². The molecule has 0 atom stereocenters. The lowest BCUT2D eigenvalue weighted by atomic mass is 9.96. The predicted octanol–water partition coefficient (Wildman–Crippen LogP) is 4.98. The smallest absolute Gasteiger partial charge is 0.299 e. The quantitative estimate of drug-likeness (QED) is 0.441. The Kier molecular flexibility index (Phi) is 7.00. The maximum absolute atomic E-state index is 12.6. The molecular weight excluding hydrogens is 458 g/mol. The molecule has 0 unspecified atom stereocenters. The van der Waals surface area contributed by atoms with Crippen LogP contribution in [-0.4, -0.2) is 60.8 Å². The minimum Gasteiger partial charge on any atom is -0.304 e. The molecule has 3 aromatic carbocycles. The van der Waals surface area contributed by atoms with Crippen LogP contribution in [0.1, 0.15) is 39.5 Å². The highest BCUT2D eigenvalue weighted by Gasteiger charge is 2.37. The van der Waals surface area contributed by atoms with Gasteiger partial charge in [-0.1, -0.05) is 72.3 Å². The van der Waals surface area contributed by atoms with Crippen LogP contribution >= 0.6 is 11.6 Å². The number of aryl methyl sites for hydroxylation is 1. The molecule has 5 rings (SSSR count). The van der Waals surface area contributed by atoms with Crippen LogP contribution < -0.4 is 4.90 Å². The molecule has 180 valence electrons. The first kappa shape index (κ1) is 23.7. The van der Waals surface area contributed by atoms with Crippen molar-refractivity contribution in [1.29, 1.82) is 0 Å². The van der Waals surface area contributed by atoms with Gasteiger partial charge in [-0.15, -0.1) is 0 Å². The zero-order valence-electron chi connectivity index (χ0n) is 20.0. The van der Waals surface area contributed by atoms with E-state index in [-0.39, 0.29) is 6.04 Å². The lowest BCUT2D eigenvalue weighted by Gasteiger charge is -2.40. The zero-order chi connectivity index (χ0) is 24.4. The van der Waals surface area contributed by atoms with E-state index in [1.54, 1.807) is 11.0 Å². The number of hydrogen-bond acceptors (Lipinski definition) is 4. The Balaban J connectivity index is 1.20. The topological polar surface area (TPSA) is 43.9 Å². The van der Waals surface area contributed by atoms with E-state index < -0.39 is 11.7 Å². The Bertz CT molecular complexity index is 1170. The normalized spacial score (nSPS) is 16.8. The molecule has 5 nitrogen and oxygen atoms in total. The average Bonchev–Trinajstić information content (AvgIpc) is 3.11. The molecule has 2 aliphatic rings. The molecule has 2 heterocycles. The van der Waals surface area contributed by atoms with Gasteiger partial charge >= 0.3 is 0 Å². The van der Waals surface area contributed by atoms with Gasteiger partial charge in [-0.25, -0.2) is 0 Å². The van der Waals surface area contributed by atoms with Gasteiger partial charge in [0.15, 0.2) is 0 Å². The third-order valence-electron chi connectivity index (χ3n) is 7.08. The number of Topliss-reactive ketones (excluding diaryl/α,β-unsaturated/α-hetero) is 1. The molecule has 0 aromatic heterocycles. The van der Waals surface area contributed by atoms with Gasteiger partial charge in [0.2, 0.25) is 0 Å². The van der Waals surface area contributed by atoms with Crippen LogP contribution in [0, 0.1) is 6.92 Å². The molecule has 0 saturated carbocycles. The van der Waals surface area contributed by atoms with Gasteiger partial charge in [-0.05, 0) is 48.7 Å². The number of carbonyl (C=O) groups excluding carboxylic acids is 2. The van der Waals surface area contributed by atoms with Crippen molar-refractivity contribution in [1.82, 2.24) is 9.80 Å². The van der Waals surface area contributed by atoms with Gasteiger partial charge in [0.1, 0.15) is 0 Å². The van der Waals surface area contributed by atoms with Crippen molar-refractivity contribution in [2.75, 3.05) is 44.2 Å². The Morgan fingerprint density at radius 2 is 1.43 bits per heavy atom. The van der Waals surface area contributed by atoms with Crippen molar-refractivity contribution in [2.24, 2.45) is 0 Å². The van der Waals surface area contributed by atoms with Gasteiger partial charge < -0.3 is 9.80 Å². The number of fused-ring (bicyclic) bond motifs is 1. The highest BCUT2D eigenvalue weighted by Crippen LogP contribution is 2.35. The maximum Gasteiger partial charge on any atom is 0.299 e. The molecule has 2 aliphatic heterocycles. The zero-order valence-corrected chi connectivity index (χ0v) is 20.7. The average molecular weight is 488 g/mol. The number of anilines is 1. The second kappa shape index (κ2) is 10.3. The van der Waals surface area contributed by atoms with Crippen LogP contribution in [0.2, 0.25) is 5.02 Å². The molecule has 1 saturated heterocycles. The van der Waals surface area contributed by atoms with E-state index in [2.05, 4.69) is 70.5 Å². The molecule has 6 heteroatoms. The van der Waals surface area contributed by atoms with Gasteiger partial charge in [0.25, 0.3) is 11.7 Å². The van der Waals surface area contributed by atoms with Crippen molar-refractivity contribution in [3.63, 3.8) is 0 Å². The van der Waals surface area contributed by atoms with E-state index in [0.29, 0.717) is 17.1 Å². The molecule has 3 aromatic rings. The van der Waals surface area contributed by atoms with Crippen LogP contribution in [0.3, 0.4) is 0 Å². The number of benzene rings is 3. The fraction of sp³-hybridized carbons (Fsp3) is 0.310. The first-order valence-electron chi connectivity index (χ1n) is 12.3. The summed E-state index contributed by atoms with van der Waals surface area (Å²) in [5, 5.41) is 0.492. The molecule has 0 spiro atoms. The molecule has 1 fully saturated rings. The van der Waals surface area contributed by atoms with E-state index in [9.17, 15) is 9.59 Å². The molecule has 0 N–H and O–H groups in total. The van der Waals surface area contributed by atoms with E-state index >= 15 is 0 Å². The summed E-state index contributed by atoms with van der Waals surface area (Å²) < 4.78 is 0. The first-order chi connectivity index (χ1) is 17.0. The fourth-order valence-corrected chi connectivity index (χ4v) is 5.67. The van der Waals surface area contributed by atoms with E-state index in [4.69, 9.17) is 11.6 Å². The maximum atomic E-state index is 12.6. The van der Waals surface area contributed by atoms with Crippen molar-refractivity contribution < 1.29 is 9.59 Å². The third-order valence-corrected chi connectivity index (χ3v) is 7.30. The summed E-state index contributed by atoms with van der Waals surface area (Å²) >= 11 is 6.11. The molecule has 1 amide bonds. The lowest BCUT2D eigenvalue weighted by molar-refractivity contribution is -0.114. The monoisotopic (exact) mass is 487 g/mol. The number of carbonyl (C=O) groups is 2. The summed E-state index contributed by atoms with van der Waals surface area (Å²) in [6, 6.07) is 25.1. The van der Waals surface area contributed by atoms with E-state index in [1.165, 1.54) is 11.1 Å². The highest BCUT2D eigenvalue weighted by molar-refractivity contribution is 6.52. The second-order valence-electron chi connectivity index (χ2n) is 9.36. The summed E-state index contributed by atoms with van der Waals surface area (Å²) in [6.07, 6.45) is 0.821. The van der Waals surface area contributed by atoms with Crippen LogP contribution in [0.4, 0.5) is 5.69 Å². The summed E-state index contributed by atoms with van der Waals surface area (Å²) in [5.74, 6) is -0.893. The summed E-state index contributed by atoms with van der Waals surface area (Å²) in [6.45, 7) is 7.26. The summed E-state index contributed by atoms with van der Waals surface area (Å²) in [4.78, 5) is 31.7. The fourth-order valence-electron chi connectivity index (χ4n) is 5.40. The van der Waals surface area contributed by atoms with Crippen molar-refractivity contribution in [2.45, 2.75) is 19.4 Å². The van der Waals surface area contributed by atoms with Gasteiger partial charge in [-0.3, -0.25) is 14.5 Å². The van der Waals surface area contributed by atoms with Crippen LogP contribution in [0.15, 0.2) is 72.8 Å². The highest BCUT2D eigenvalue weighted by atomic mass is 35.5. The Morgan fingerprint density at radius 3 is 2.03 bits per heavy atom.